The minimum absolute atomic E-state index is 0.0974. The summed E-state index contributed by atoms with van der Waals surface area (Å²) in [6, 6.07) is 13.7. The van der Waals surface area contributed by atoms with Gasteiger partial charge in [0.15, 0.2) is 9.84 Å². The summed E-state index contributed by atoms with van der Waals surface area (Å²) in [6.07, 6.45) is 1.44. The van der Waals surface area contributed by atoms with E-state index in [1.807, 2.05) is 31.2 Å². The second kappa shape index (κ2) is 7.49. The van der Waals surface area contributed by atoms with E-state index in [1.54, 1.807) is 31.4 Å². The quantitative estimate of drug-likeness (QED) is 0.871. The zero-order valence-electron chi connectivity index (χ0n) is 13.9. The average Bonchev–Trinajstić information content (AvgIpc) is 2.54. The Morgan fingerprint density at radius 2 is 1.67 bits per heavy atom. The third-order valence-electron chi connectivity index (χ3n) is 3.71. The van der Waals surface area contributed by atoms with Crippen LogP contribution in [0.25, 0.3) is 0 Å². The number of nitrogens with one attached hydrogen (secondary N) is 1. The van der Waals surface area contributed by atoms with Gasteiger partial charge in [0.05, 0.1) is 24.5 Å². The zero-order chi connectivity index (χ0) is 17.7. The molecule has 1 amide bonds. The van der Waals surface area contributed by atoms with Crippen molar-refractivity contribution in [3.63, 3.8) is 0 Å². The number of amides is 1. The standard InChI is InChI=1S/C18H21NO4S/c1-13(15-6-10-17(11-7-15)24(3,21)22)19-18(20)12-14-4-8-16(23-2)9-5-14/h4-11,13H,12H2,1-3H3,(H,19,20)/t13-/m0/s1. The Labute approximate surface area is 142 Å². The lowest BCUT2D eigenvalue weighted by molar-refractivity contribution is -0.121. The van der Waals surface area contributed by atoms with Crippen LogP contribution in [0, 0.1) is 0 Å². The molecule has 0 spiro atoms. The van der Waals surface area contributed by atoms with Gasteiger partial charge in [-0.25, -0.2) is 8.42 Å². The Morgan fingerprint density at radius 3 is 2.17 bits per heavy atom. The summed E-state index contributed by atoms with van der Waals surface area (Å²) in [5.41, 5.74) is 1.75. The number of carbonyl (C=O) groups excluding carboxylic acids is 1. The van der Waals surface area contributed by atoms with E-state index in [0.717, 1.165) is 16.9 Å². The number of benzene rings is 2. The molecular formula is C18H21NO4S. The molecule has 24 heavy (non-hydrogen) atoms. The highest BCUT2D eigenvalue weighted by Crippen LogP contribution is 2.17. The van der Waals surface area contributed by atoms with E-state index in [1.165, 1.54) is 6.26 Å². The van der Waals surface area contributed by atoms with Crippen LogP contribution in [0.4, 0.5) is 0 Å². The number of methoxy groups -OCH3 is 1. The van der Waals surface area contributed by atoms with Gasteiger partial charge in [0.2, 0.25) is 5.91 Å². The predicted molar refractivity (Wildman–Crippen MR) is 92.8 cm³/mol. The summed E-state index contributed by atoms with van der Waals surface area (Å²) >= 11 is 0. The van der Waals surface area contributed by atoms with Gasteiger partial charge in [-0.05, 0) is 42.3 Å². The Bertz CT molecular complexity index is 796. The molecule has 0 unspecified atom stereocenters. The van der Waals surface area contributed by atoms with E-state index >= 15 is 0 Å². The van der Waals surface area contributed by atoms with Crippen molar-refractivity contribution in [3.8, 4) is 5.75 Å². The van der Waals surface area contributed by atoms with E-state index in [9.17, 15) is 13.2 Å². The molecule has 6 heteroatoms. The third-order valence-corrected chi connectivity index (χ3v) is 4.84. The lowest BCUT2D eigenvalue weighted by Gasteiger charge is -2.15. The molecule has 0 aliphatic rings. The maximum absolute atomic E-state index is 12.1. The minimum Gasteiger partial charge on any atom is -0.497 e. The summed E-state index contributed by atoms with van der Waals surface area (Å²) in [6.45, 7) is 1.86. The highest BCUT2D eigenvalue weighted by molar-refractivity contribution is 7.90. The van der Waals surface area contributed by atoms with Gasteiger partial charge in [-0.1, -0.05) is 24.3 Å². The number of hydrogen-bond acceptors (Lipinski definition) is 4. The van der Waals surface area contributed by atoms with Crippen LogP contribution in [0.1, 0.15) is 24.1 Å². The molecule has 0 saturated carbocycles. The van der Waals surface area contributed by atoms with Gasteiger partial charge in [0, 0.05) is 6.26 Å². The second-order valence-electron chi connectivity index (χ2n) is 5.66. The van der Waals surface area contributed by atoms with Crippen LogP contribution in [-0.2, 0) is 21.1 Å². The van der Waals surface area contributed by atoms with Crippen LogP contribution in [0.15, 0.2) is 53.4 Å². The average molecular weight is 347 g/mol. The Hall–Kier alpha value is -2.34. The maximum atomic E-state index is 12.1. The minimum atomic E-state index is -3.21. The highest BCUT2D eigenvalue weighted by Gasteiger charge is 2.12. The summed E-state index contributed by atoms with van der Waals surface area (Å²) in [7, 11) is -1.62. The molecular weight excluding hydrogens is 326 g/mol. The third kappa shape index (κ3) is 4.83. The Morgan fingerprint density at radius 1 is 1.08 bits per heavy atom. The first-order valence-corrected chi connectivity index (χ1v) is 9.41. The van der Waals surface area contributed by atoms with Crippen molar-refractivity contribution in [3.05, 3.63) is 59.7 Å². The molecule has 128 valence electrons. The molecule has 0 heterocycles. The SMILES string of the molecule is COc1ccc(CC(=O)N[C@@H](C)c2ccc(S(C)(=O)=O)cc2)cc1. The number of hydrogen-bond donors (Lipinski definition) is 1. The van der Waals surface area contributed by atoms with Crippen molar-refractivity contribution in [2.45, 2.75) is 24.3 Å². The number of sulfone groups is 1. The molecule has 0 radical (unpaired) electrons. The first-order valence-electron chi connectivity index (χ1n) is 7.52. The molecule has 2 aromatic carbocycles. The van der Waals surface area contributed by atoms with Gasteiger partial charge in [0.25, 0.3) is 0 Å². The van der Waals surface area contributed by atoms with Crippen molar-refractivity contribution >= 4 is 15.7 Å². The van der Waals surface area contributed by atoms with Crippen molar-refractivity contribution < 1.29 is 17.9 Å². The van der Waals surface area contributed by atoms with Crippen LogP contribution in [0.3, 0.4) is 0 Å². The van der Waals surface area contributed by atoms with Crippen LogP contribution in [-0.4, -0.2) is 27.7 Å². The monoisotopic (exact) mass is 347 g/mol. The zero-order valence-corrected chi connectivity index (χ0v) is 14.8. The number of ether oxygens (including phenoxy) is 1. The van der Waals surface area contributed by atoms with E-state index in [0.29, 0.717) is 0 Å². The van der Waals surface area contributed by atoms with Gasteiger partial charge >= 0.3 is 0 Å². The molecule has 5 nitrogen and oxygen atoms in total. The lowest BCUT2D eigenvalue weighted by atomic mass is 10.1. The topological polar surface area (TPSA) is 72.5 Å². The van der Waals surface area contributed by atoms with E-state index < -0.39 is 9.84 Å². The van der Waals surface area contributed by atoms with Gasteiger partial charge in [-0.2, -0.15) is 0 Å². The van der Waals surface area contributed by atoms with Crippen molar-refractivity contribution in [2.75, 3.05) is 13.4 Å². The normalized spacial score (nSPS) is 12.5. The molecule has 0 aliphatic heterocycles. The van der Waals surface area contributed by atoms with Crippen LogP contribution in [0.5, 0.6) is 5.75 Å². The van der Waals surface area contributed by atoms with Crippen LogP contribution < -0.4 is 10.1 Å². The van der Waals surface area contributed by atoms with Gasteiger partial charge in [-0.15, -0.1) is 0 Å². The van der Waals surface area contributed by atoms with Gasteiger partial charge in [0.1, 0.15) is 5.75 Å². The Balaban J connectivity index is 1.97. The Kier molecular flexibility index (Phi) is 5.62. The molecule has 0 aromatic heterocycles. The fourth-order valence-electron chi connectivity index (χ4n) is 2.31. The number of carbonyl (C=O) groups is 1. The highest BCUT2D eigenvalue weighted by atomic mass is 32.2. The van der Waals surface area contributed by atoms with E-state index in [2.05, 4.69) is 5.32 Å². The van der Waals surface area contributed by atoms with Crippen molar-refractivity contribution in [1.82, 2.24) is 5.32 Å². The van der Waals surface area contributed by atoms with Crippen molar-refractivity contribution in [2.24, 2.45) is 0 Å². The number of rotatable bonds is 6. The first-order chi connectivity index (χ1) is 11.3. The maximum Gasteiger partial charge on any atom is 0.224 e. The van der Waals surface area contributed by atoms with E-state index in [4.69, 9.17) is 4.74 Å². The summed E-state index contributed by atoms with van der Waals surface area (Å²) in [4.78, 5) is 12.4. The smallest absolute Gasteiger partial charge is 0.224 e. The molecule has 0 aliphatic carbocycles. The molecule has 0 saturated heterocycles. The molecule has 2 rings (SSSR count). The largest absolute Gasteiger partial charge is 0.497 e. The van der Waals surface area contributed by atoms with Crippen LogP contribution >= 0.6 is 0 Å². The molecule has 1 atom stereocenters. The fraction of sp³-hybridized carbons (Fsp3) is 0.278. The van der Waals surface area contributed by atoms with Gasteiger partial charge in [-0.3, -0.25) is 4.79 Å². The molecule has 1 N–H and O–H groups in total. The van der Waals surface area contributed by atoms with Crippen molar-refractivity contribution in [1.29, 1.82) is 0 Å². The lowest BCUT2D eigenvalue weighted by Crippen LogP contribution is -2.28. The second-order valence-corrected chi connectivity index (χ2v) is 7.67. The van der Waals surface area contributed by atoms with Crippen LogP contribution in [0.2, 0.25) is 0 Å². The van der Waals surface area contributed by atoms with Gasteiger partial charge < -0.3 is 10.1 Å². The molecule has 2 aromatic rings. The first kappa shape index (κ1) is 18.0. The summed E-state index contributed by atoms with van der Waals surface area (Å²) in [5, 5.41) is 2.91. The molecule has 0 bridgehead atoms. The molecule has 0 fully saturated rings. The van der Waals surface area contributed by atoms with E-state index in [-0.39, 0.29) is 23.3 Å². The predicted octanol–water partition coefficient (Wildman–Crippen LogP) is 2.52. The summed E-state index contributed by atoms with van der Waals surface area (Å²) < 4.78 is 28.0. The fourth-order valence-corrected chi connectivity index (χ4v) is 2.94. The summed E-state index contributed by atoms with van der Waals surface area (Å²) in [5.74, 6) is 0.651.